The predicted octanol–water partition coefficient (Wildman–Crippen LogP) is 3.72. The Labute approximate surface area is 219 Å². The van der Waals surface area contributed by atoms with Crippen LogP contribution in [0.1, 0.15) is 5.56 Å². The van der Waals surface area contributed by atoms with Gasteiger partial charge in [-0.3, -0.25) is 9.59 Å². The maximum absolute atomic E-state index is 13.3. The van der Waals surface area contributed by atoms with E-state index in [1.165, 1.54) is 30.1 Å². The van der Waals surface area contributed by atoms with Crippen molar-refractivity contribution in [3.05, 3.63) is 88.4 Å². The van der Waals surface area contributed by atoms with E-state index in [1.807, 2.05) is 30.3 Å². The van der Waals surface area contributed by atoms with Crippen LogP contribution in [0, 0.1) is 0 Å². The minimum Gasteiger partial charge on any atom is -0.477 e. The third-order valence-electron chi connectivity index (χ3n) is 5.62. The van der Waals surface area contributed by atoms with Gasteiger partial charge in [0.15, 0.2) is 6.10 Å². The normalized spacial score (nSPS) is 15.2. The summed E-state index contributed by atoms with van der Waals surface area (Å²) in [5.74, 6) is -0.575. The van der Waals surface area contributed by atoms with Gasteiger partial charge in [0, 0.05) is 18.6 Å². The fraction of sp³-hybridized carbons (Fsp3) is 0.200. The van der Waals surface area contributed by atoms with Crippen molar-refractivity contribution in [2.24, 2.45) is 0 Å². The van der Waals surface area contributed by atoms with Crippen LogP contribution < -0.4 is 15.0 Å². The largest absolute Gasteiger partial charge is 0.477 e. The lowest BCUT2D eigenvalue weighted by Crippen LogP contribution is -2.52. The molecule has 8 nitrogen and oxygen atoms in total. The maximum atomic E-state index is 13.3. The molecule has 1 atom stereocenters. The zero-order chi connectivity index (χ0) is 25.9. The topological polar surface area (TPSA) is 96.0 Å². The summed E-state index contributed by atoms with van der Waals surface area (Å²) in [7, 11) is -2.83. The molecule has 1 aliphatic rings. The van der Waals surface area contributed by atoms with Gasteiger partial charge < -0.3 is 15.0 Å². The first-order valence-electron chi connectivity index (χ1n) is 11.0. The van der Waals surface area contributed by atoms with Crippen molar-refractivity contribution in [1.82, 2.24) is 9.62 Å². The van der Waals surface area contributed by atoms with Crippen LogP contribution in [-0.2, 0) is 26.2 Å². The monoisotopic (exact) mass is 547 g/mol. The summed E-state index contributed by atoms with van der Waals surface area (Å²) in [5, 5.41) is 3.01. The van der Waals surface area contributed by atoms with E-state index < -0.39 is 34.5 Å². The van der Waals surface area contributed by atoms with Crippen LogP contribution in [0.5, 0.6) is 5.75 Å². The Balaban J connectivity index is 1.51. The third-order valence-corrected chi connectivity index (χ3v) is 8.14. The minimum absolute atomic E-state index is 0.00873. The molecule has 0 fully saturated rings. The van der Waals surface area contributed by atoms with Gasteiger partial charge in [0.2, 0.25) is 15.9 Å². The Morgan fingerprint density at radius 2 is 1.75 bits per heavy atom. The zero-order valence-electron chi connectivity index (χ0n) is 19.2. The summed E-state index contributed by atoms with van der Waals surface area (Å²) in [6.45, 7) is -0.267. The lowest BCUT2D eigenvalue weighted by atomic mass is 10.1. The number of carbonyl (C=O) groups excluding carboxylic acids is 2. The molecule has 1 aliphatic heterocycles. The molecule has 188 valence electrons. The van der Waals surface area contributed by atoms with Crippen LogP contribution >= 0.6 is 23.2 Å². The van der Waals surface area contributed by atoms with Crippen molar-refractivity contribution in [2.75, 3.05) is 25.0 Å². The predicted molar refractivity (Wildman–Crippen MR) is 138 cm³/mol. The summed E-state index contributed by atoms with van der Waals surface area (Å²) in [5.41, 5.74) is 1.36. The molecule has 0 spiro atoms. The fourth-order valence-electron chi connectivity index (χ4n) is 3.71. The highest BCUT2D eigenvalue weighted by Crippen LogP contribution is 2.34. The molecule has 0 saturated heterocycles. The summed E-state index contributed by atoms with van der Waals surface area (Å²) in [6, 6.07) is 20.3. The number of fused-ring (bicyclic) bond motifs is 1. The SMILES string of the molecule is CN(CC(=O)N1CC(C(=O)NCc2ccccc2)Oc2ccccc21)S(=O)(=O)c1cc(Cl)ccc1Cl. The summed E-state index contributed by atoms with van der Waals surface area (Å²) in [6.07, 6.45) is -0.975. The number of carbonyl (C=O) groups is 2. The van der Waals surface area contributed by atoms with Crippen LogP contribution in [0.15, 0.2) is 77.7 Å². The van der Waals surface area contributed by atoms with Gasteiger partial charge in [-0.1, -0.05) is 65.7 Å². The Kier molecular flexibility index (Phi) is 7.85. The standard InChI is InChI=1S/C25H23Cl2N3O5S/c1-29(36(33,34)23-13-18(26)11-12-19(23)27)16-24(31)30-15-22(35-21-10-6-5-9-20(21)30)25(32)28-14-17-7-3-2-4-8-17/h2-13,22H,14-16H2,1H3,(H,28,32). The van der Waals surface area contributed by atoms with Crippen molar-refractivity contribution < 1.29 is 22.7 Å². The maximum Gasteiger partial charge on any atom is 0.263 e. The van der Waals surface area contributed by atoms with E-state index in [-0.39, 0.29) is 21.5 Å². The highest BCUT2D eigenvalue weighted by Gasteiger charge is 2.35. The summed E-state index contributed by atoms with van der Waals surface area (Å²) in [4.78, 5) is 27.4. The fourth-order valence-corrected chi connectivity index (χ4v) is 5.56. The van der Waals surface area contributed by atoms with E-state index in [1.54, 1.807) is 24.3 Å². The number of hydrogen-bond acceptors (Lipinski definition) is 5. The molecule has 36 heavy (non-hydrogen) atoms. The van der Waals surface area contributed by atoms with E-state index >= 15 is 0 Å². The van der Waals surface area contributed by atoms with Gasteiger partial charge in [0.25, 0.3) is 5.91 Å². The van der Waals surface area contributed by atoms with Gasteiger partial charge in [-0.05, 0) is 35.9 Å². The Bertz CT molecular complexity index is 1390. The number of likely N-dealkylation sites (N-methyl/N-ethyl adjacent to an activating group) is 1. The quantitative estimate of drug-likeness (QED) is 0.486. The van der Waals surface area contributed by atoms with Crippen LogP contribution in [0.4, 0.5) is 5.69 Å². The molecule has 1 N–H and O–H groups in total. The second-order valence-corrected chi connectivity index (χ2v) is 11.0. The number of benzene rings is 3. The number of para-hydroxylation sites is 2. The molecule has 0 bridgehead atoms. The molecule has 3 aromatic rings. The molecule has 11 heteroatoms. The number of ether oxygens (including phenoxy) is 1. The molecule has 3 aromatic carbocycles. The molecule has 0 saturated carbocycles. The molecule has 2 amide bonds. The van der Waals surface area contributed by atoms with E-state index in [2.05, 4.69) is 5.32 Å². The average molecular weight is 548 g/mol. The lowest BCUT2D eigenvalue weighted by molar-refractivity contribution is -0.128. The Hall–Kier alpha value is -3.11. The lowest BCUT2D eigenvalue weighted by Gasteiger charge is -2.35. The van der Waals surface area contributed by atoms with Gasteiger partial charge in [-0.15, -0.1) is 0 Å². The number of rotatable bonds is 7. The second-order valence-electron chi connectivity index (χ2n) is 8.12. The number of nitrogens with zero attached hydrogens (tertiary/aromatic N) is 2. The van der Waals surface area contributed by atoms with E-state index in [0.717, 1.165) is 9.87 Å². The molecule has 0 aliphatic carbocycles. The molecule has 4 rings (SSSR count). The van der Waals surface area contributed by atoms with Crippen LogP contribution in [0.2, 0.25) is 10.0 Å². The van der Waals surface area contributed by atoms with Gasteiger partial charge >= 0.3 is 0 Å². The number of anilines is 1. The number of halogens is 2. The van der Waals surface area contributed by atoms with E-state index in [9.17, 15) is 18.0 Å². The van der Waals surface area contributed by atoms with Crippen LogP contribution in [0.3, 0.4) is 0 Å². The first-order valence-corrected chi connectivity index (χ1v) is 13.2. The highest BCUT2D eigenvalue weighted by molar-refractivity contribution is 7.89. The minimum atomic E-state index is -4.11. The smallest absolute Gasteiger partial charge is 0.263 e. The third kappa shape index (κ3) is 5.65. The number of nitrogens with one attached hydrogen (secondary N) is 1. The first-order chi connectivity index (χ1) is 17.2. The van der Waals surface area contributed by atoms with Crippen LogP contribution in [-0.4, -0.2) is 50.8 Å². The van der Waals surface area contributed by atoms with Crippen molar-refractivity contribution in [1.29, 1.82) is 0 Å². The van der Waals surface area contributed by atoms with Crippen molar-refractivity contribution in [2.45, 2.75) is 17.5 Å². The number of sulfonamides is 1. The Morgan fingerprint density at radius 1 is 1.06 bits per heavy atom. The van der Waals surface area contributed by atoms with Crippen LogP contribution in [0.25, 0.3) is 0 Å². The summed E-state index contributed by atoms with van der Waals surface area (Å²) >= 11 is 12.0. The van der Waals surface area contributed by atoms with Crippen molar-refractivity contribution in [3.8, 4) is 5.75 Å². The van der Waals surface area contributed by atoms with E-state index in [0.29, 0.717) is 18.0 Å². The van der Waals surface area contributed by atoms with Gasteiger partial charge in [0.05, 0.1) is 23.8 Å². The van der Waals surface area contributed by atoms with Gasteiger partial charge in [-0.2, -0.15) is 4.31 Å². The zero-order valence-corrected chi connectivity index (χ0v) is 21.6. The van der Waals surface area contributed by atoms with Gasteiger partial charge in [0.1, 0.15) is 10.6 Å². The van der Waals surface area contributed by atoms with Gasteiger partial charge in [-0.25, -0.2) is 8.42 Å². The number of amides is 2. The molecule has 0 radical (unpaired) electrons. The molecule has 1 unspecified atom stereocenters. The molecule has 0 aromatic heterocycles. The summed E-state index contributed by atoms with van der Waals surface area (Å²) < 4.78 is 32.9. The highest BCUT2D eigenvalue weighted by atomic mass is 35.5. The Morgan fingerprint density at radius 3 is 2.50 bits per heavy atom. The number of hydrogen-bond donors (Lipinski definition) is 1. The average Bonchev–Trinajstić information content (AvgIpc) is 2.88. The van der Waals surface area contributed by atoms with E-state index in [4.69, 9.17) is 27.9 Å². The van der Waals surface area contributed by atoms with Crippen molar-refractivity contribution >= 4 is 50.7 Å². The first kappa shape index (κ1) is 26.0. The second kappa shape index (κ2) is 10.9. The molecular weight excluding hydrogens is 525 g/mol. The molecule has 1 heterocycles. The molecular formula is C25H23Cl2N3O5S. The van der Waals surface area contributed by atoms with Crippen molar-refractivity contribution in [3.63, 3.8) is 0 Å².